The first kappa shape index (κ1) is 22.0. The van der Waals surface area contributed by atoms with Gasteiger partial charge in [0.05, 0.1) is 24.5 Å². The molecule has 1 aliphatic rings. The minimum Gasteiger partial charge on any atom is -0.493 e. The predicted molar refractivity (Wildman–Crippen MR) is 116 cm³/mol. The van der Waals surface area contributed by atoms with E-state index < -0.39 is 15.4 Å². The molecular weight excluding hydrogens is 404 g/mol. The molecule has 0 aromatic heterocycles. The lowest BCUT2D eigenvalue weighted by Gasteiger charge is -2.40. The molecule has 0 radical (unpaired) electrons. The van der Waals surface area contributed by atoms with E-state index in [2.05, 4.69) is 10.0 Å². The molecule has 162 valence electrons. The summed E-state index contributed by atoms with van der Waals surface area (Å²) in [7, 11) is -0.863. The number of carbonyl (C=O) groups is 1. The van der Waals surface area contributed by atoms with Gasteiger partial charge in [-0.1, -0.05) is 25.5 Å². The summed E-state index contributed by atoms with van der Waals surface area (Å²) >= 11 is 0. The molecule has 7 nitrogen and oxygen atoms in total. The Morgan fingerprint density at radius 2 is 1.70 bits per heavy atom. The molecule has 1 aliphatic carbocycles. The zero-order valence-electron chi connectivity index (χ0n) is 17.5. The molecule has 2 N–H and O–H groups in total. The Labute approximate surface area is 177 Å². The van der Waals surface area contributed by atoms with E-state index in [-0.39, 0.29) is 10.8 Å². The highest BCUT2D eigenvalue weighted by Crippen LogP contribution is 2.44. The van der Waals surface area contributed by atoms with E-state index in [1.807, 2.05) is 19.1 Å². The predicted octanol–water partition coefficient (Wildman–Crippen LogP) is 3.45. The number of hydrogen-bond donors (Lipinski definition) is 2. The number of methoxy groups -OCH3 is 2. The molecule has 0 bridgehead atoms. The molecule has 0 aliphatic heterocycles. The van der Waals surface area contributed by atoms with Crippen LogP contribution in [0.15, 0.2) is 47.4 Å². The monoisotopic (exact) mass is 432 g/mol. The van der Waals surface area contributed by atoms with Crippen molar-refractivity contribution in [3.05, 3.63) is 48.0 Å². The van der Waals surface area contributed by atoms with Crippen LogP contribution in [0.1, 0.15) is 38.2 Å². The average molecular weight is 433 g/mol. The Morgan fingerprint density at radius 3 is 2.23 bits per heavy atom. The third-order valence-electron chi connectivity index (χ3n) is 5.53. The van der Waals surface area contributed by atoms with E-state index in [4.69, 9.17) is 9.47 Å². The van der Waals surface area contributed by atoms with Crippen LogP contribution in [0, 0.1) is 0 Å². The molecule has 0 unspecified atom stereocenters. The van der Waals surface area contributed by atoms with Crippen molar-refractivity contribution in [1.82, 2.24) is 5.32 Å². The Kier molecular flexibility index (Phi) is 6.55. The third-order valence-corrected chi connectivity index (χ3v) is 6.91. The Hall–Kier alpha value is -2.74. The summed E-state index contributed by atoms with van der Waals surface area (Å²) in [6.45, 7) is 2.68. The van der Waals surface area contributed by atoms with Crippen molar-refractivity contribution in [3.63, 3.8) is 0 Å². The zero-order valence-corrected chi connectivity index (χ0v) is 18.3. The lowest BCUT2D eigenvalue weighted by molar-refractivity contribution is -0.129. The molecule has 3 rings (SSSR count). The maximum absolute atomic E-state index is 12.8. The van der Waals surface area contributed by atoms with Gasteiger partial charge in [-0.05, 0) is 49.1 Å². The van der Waals surface area contributed by atoms with Crippen LogP contribution in [0.5, 0.6) is 11.5 Å². The SMILES string of the molecule is CCCNC(=O)C1(c2ccc(NS(=O)(=O)c3ccc(OC)c(OC)c3)cc2)CCC1. The number of nitrogens with one attached hydrogen (secondary N) is 2. The molecule has 0 spiro atoms. The summed E-state index contributed by atoms with van der Waals surface area (Å²) in [5, 5.41) is 3.00. The molecule has 1 fully saturated rings. The quantitative estimate of drug-likeness (QED) is 0.633. The summed E-state index contributed by atoms with van der Waals surface area (Å²) in [6.07, 6.45) is 3.50. The van der Waals surface area contributed by atoms with Gasteiger partial charge < -0.3 is 14.8 Å². The minimum atomic E-state index is -3.80. The van der Waals surface area contributed by atoms with Crippen molar-refractivity contribution in [1.29, 1.82) is 0 Å². The molecule has 2 aromatic carbocycles. The second kappa shape index (κ2) is 8.95. The van der Waals surface area contributed by atoms with E-state index >= 15 is 0 Å². The molecule has 8 heteroatoms. The summed E-state index contributed by atoms with van der Waals surface area (Å²) in [5.41, 5.74) is 0.837. The van der Waals surface area contributed by atoms with Crippen molar-refractivity contribution in [2.75, 3.05) is 25.5 Å². The number of hydrogen-bond acceptors (Lipinski definition) is 5. The van der Waals surface area contributed by atoms with Gasteiger partial charge in [-0.15, -0.1) is 0 Å². The normalized spacial score (nSPS) is 15.0. The Balaban J connectivity index is 1.79. The van der Waals surface area contributed by atoms with E-state index in [1.165, 1.54) is 26.4 Å². The van der Waals surface area contributed by atoms with Crippen LogP contribution in [0.4, 0.5) is 5.69 Å². The molecule has 1 saturated carbocycles. The summed E-state index contributed by atoms with van der Waals surface area (Å²) in [6, 6.07) is 11.5. The first-order valence-electron chi connectivity index (χ1n) is 10.00. The number of benzene rings is 2. The number of anilines is 1. The fourth-order valence-corrected chi connectivity index (χ4v) is 4.71. The first-order chi connectivity index (χ1) is 14.4. The number of sulfonamides is 1. The maximum atomic E-state index is 12.8. The van der Waals surface area contributed by atoms with E-state index in [9.17, 15) is 13.2 Å². The molecule has 0 heterocycles. The molecule has 2 aromatic rings. The number of amides is 1. The Bertz CT molecular complexity index is 999. The lowest BCUT2D eigenvalue weighted by Crippen LogP contribution is -2.49. The van der Waals surface area contributed by atoms with Crippen molar-refractivity contribution in [2.24, 2.45) is 0 Å². The summed E-state index contributed by atoms with van der Waals surface area (Å²) in [5.74, 6) is 0.836. The van der Waals surface area contributed by atoms with E-state index in [0.29, 0.717) is 23.7 Å². The van der Waals surface area contributed by atoms with Gasteiger partial charge in [0.1, 0.15) is 0 Å². The van der Waals surface area contributed by atoms with Crippen LogP contribution in [0.3, 0.4) is 0 Å². The highest BCUT2D eigenvalue weighted by molar-refractivity contribution is 7.92. The topological polar surface area (TPSA) is 93.7 Å². The number of rotatable bonds is 9. The highest BCUT2D eigenvalue weighted by Gasteiger charge is 2.45. The molecular formula is C22H28N2O5S. The largest absolute Gasteiger partial charge is 0.493 e. The minimum absolute atomic E-state index is 0.0502. The lowest BCUT2D eigenvalue weighted by atomic mass is 9.64. The van der Waals surface area contributed by atoms with Gasteiger partial charge in [-0.25, -0.2) is 8.42 Å². The van der Waals surface area contributed by atoms with E-state index in [0.717, 1.165) is 31.2 Å². The van der Waals surface area contributed by atoms with Crippen LogP contribution >= 0.6 is 0 Å². The van der Waals surface area contributed by atoms with Gasteiger partial charge >= 0.3 is 0 Å². The second-order valence-electron chi connectivity index (χ2n) is 7.39. The first-order valence-corrected chi connectivity index (χ1v) is 11.5. The van der Waals surface area contributed by atoms with Crippen molar-refractivity contribution in [3.8, 4) is 11.5 Å². The zero-order chi connectivity index (χ0) is 21.8. The van der Waals surface area contributed by atoms with Crippen LogP contribution < -0.4 is 19.5 Å². The molecule has 0 atom stereocenters. The van der Waals surface area contributed by atoms with Gasteiger partial charge in [-0.3, -0.25) is 9.52 Å². The average Bonchev–Trinajstić information content (AvgIpc) is 2.71. The fraction of sp³-hybridized carbons (Fsp3) is 0.409. The van der Waals surface area contributed by atoms with E-state index in [1.54, 1.807) is 18.2 Å². The maximum Gasteiger partial charge on any atom is 0.262 e. The van der Waals surface area contributed by atoms with Crippen molar-refractivity contribution < 1.29 is 22.7 Å². The summed E-state index contributed by atoms with van der Waals surface area (Å²) in [4.78, 5) is 12.7. The smallest absolute Gasteiger partial charge is 0.262 e. The third kappa shape index (κ3) is 4.23. The summed E-state index contributed by atoms with van der Waals surface area (Å²) < 4.78 is 38.5. The van der Waals surface area contributed by atoms with Crippen LogP contribution in [0.2, 0.25) is 0 Å². The fourth-order valence-electron chi connectivity index (χ4n) is 3.64. The van der Waals surface area contributed by atoms with Gasteiger partial charge in [0.2, 0.25) is 5.91 Å². The molecule has 30 heavy (non-hydrogen) atoms. The second-order valence-corrected chi connectivity index (χ2v) is 9.07. The van der Waals surface area contributed by atoms with Gasteiger partial charge in [0.25, 0.3) is 10.0 Å². The Morgan fingerprint density at radius 1 is 1.03 bits per heavy atom. The molecule has 0 saturated heterocycles. The van der Waals surface area contributed by atoms with Crippen LogP contribution in [0.25, 0.3) is 0 Å². The van der Waals surface area contributed by atoms with Gasteiger partial charge in [-0.2, -0.15) is 0 Å². The van der Waals surface area contributed by atoms with Crippen LogP contribution in [-0.2, 0) is 20.2 Å². The number of carbonyl (C=O) groups excluding carboxylic acids is 1. The molecule has 1 amide bonds. The van der Waals surface area contributed by atoms with Crippen molar-refractivity contribution >= 4 is 21.6 Å². The highest BCUT2D eigenvalue weighted by atomic mass is 32.2. The number of ether oxygens (including phenoxy) is 2. The van der Waals surface area contributed by atoms with Gasteiger partial charge in [0, 0.05) is 18.3 Å². The van der Waals surface area contributed by atoms with Crippen molar-refractivity contribution in [2.45, 2.75) is 42.9 Å². The van der Waals surface area contributed by atoms with Gasteiger partial charge in [0.15, 0.2) is 11.5 Å². The standard InChI is InChI=1S/C22H28N2O5S/c1-4-14-23-21(25)22(12-5-13-22)16-6-8-17(9-7-16)24-30(26,27)18-10-11-19(28-2)20(15-18)29-3/h6-11,15,24H,4-5,12-14H2,1-3H3,(H,23,25). The van der Waals surface area contributed by atoms with Crippen LogP contribution in [-0.4, -0.2) is 35.1 Å².